The van der Waals surface area contributed by atoms with Crippen molar-refractivity contribution in [2.45, 2.75) is 51.9 Å². The van der Waals surface area contributed by atoms with E-state index in [1.165, 1.54) is 16.2 Å². The lowest BCUT2D eigenvalue weighted by atomic mass is 10.0. The van der Waals surface area contributed by atoms with Crippen molar-refractivity contribution in [3.63, 3.8) is 0 Å². The van der Waals surface area contributed by atoms with Crippen LogP contribution in [0.5, 0.6) is 0 Å². The zero-order chi connectivity index (χ0) is 25.8. The maximum absolute atomic E-state index is 15.7. The molecule has 6 rings (SSSR count). The van der Waals surface area contributed by atoms with E-state index in [2.05, 4.69) is 20.3 Å². The highest BCUT2D eigenvalue weighted by molar-refractivity contribution is 6.05. The van der Waals surface area contributed by atoms with Crippen molar-refractivity contribution in [1.82, 2.24) is 29.9 Å². The first-order chi connectivity index (χ1) is 17.8. The summed E-state index contributed by atoms with van der Waals surface area (Å²) >= 11 is 0. The lowest BCUT2D eigenvalue weighted by molar-refractivity contribution is -0.136. The van der Waals surface area contributed by atoms with Crippen molar-refractivity contribution in [2.75, 3.05) is 6.54 Å². The average Bonchev–Trinajstić information content (AvgIpc) is 3.35. The molecule has 2 aromatic heterocycles. The summed E-state index contributed by atoms with van der Waals surface area (Å²) in [4.78, 5) is 44.8. The number of rotatable bonds is 4. The summed E-state index contributed by atoms with van der Waals surface area (Å²) in [6.07, 6.45) is 2.98. The molecular formula is C27H27FN6O3. The summed E-state index contributed by atoms with van der Waals surface area (Å²) in [5.41, 5.74) is 6.06. The number of nitrogens with zero attached hydrogens (tertiary/aromatic N) is 5. The number of pyridine rings is 1. The van der Waals surface area contributed by atoms with Crippen molar-refractivity contribution < 1.29 is 18.8 Å². The van der Waals surface area contributed by atoms with Crippen LogP contribution in [0.4, 0.5) is 4.39 Å². The highest BCUT2D eigenvalue weighted by Crippen LogP contribution is 2.32. The number of carbonyl (C=O) groups excluding carboxylic acids is 3. The van der Waals surface area contributed by atoms with Gasteiger partial charge in [0.25, 0.3) is 5.91 Å². The van der Waals surface area contributed by atoms with Gasteiger partial charge in [-0.25, -0.2) is 4.39 Å². The van der Waals surface area contributed by atoms with E-state index in [0.29, 0.717) is 29.7 Å². The number of nitrogens with one attached hydrogen (secondary N) is 1. The van der Waals surface area contributed by atoms with Gasteiger partial charge in [-0.1, -0.05) is 6.07 Å². The molecule has 0 spiro atoms. The Labute approximate surface area is 213 Å². The fourth-order valence-corrected chi connectivity index (χ4v) is 5.74. The Balaban J connectivity index is 1.23. The van der Waals surface area contributed by atoms with Gasteiger partial charge < -0.3 is 4.90 Å². The lowest BCUT2D eigenvalue weighted by Crippen LogP contribution is -2.52. The maximum atomic E-state index is 15.7. The molecule has 3 aromatic rings. The molecule has 37 heavy (non-hydrogen) atoms. The van der Waals surface area contributed by atoms with Crippen LogP contribution in [0.1, 0.15) is 51.3 Å². The summed E-state index contributed by atoms with van der Waals surface area (Å²) in [5, 5.41) is 6.83. The Morgan fingerprint density at radius 1 is 1.14 bits per heavy atom. The molecule has 10 heteroatoms. The Morgan fingerprint density at radius 2 is 1.97 bits per heavy atom. The van der Waals surface area contributed by atoms with Gasteiger partial charge in [-0.2, -0.15) is 5.10 Å². The zero-order valence-electron chi connectivity index (χ0n) is 20.8. The summed E-state index contributed by atoms with van der Waals surface area (Å²) < 4.78 is 17.6. The predicted octanol–water partition coefficient (Wildman–Crippen LogP) is 2.25. The first kappa shape index (κ1) is 23.5. The molecule has 190 valence electrons. The van der Waals surface area contributed by atoms with Gasteiger partial charge in [-0.15, -0.1) is 0 Å². The fraction of sp³-hybridized carbons (Fsp3) is 0.370. The first-order valence-corrected chi connectivity index (χ1v) is 12.4. The van der Waals surface area contributed by atoms with Crippen LogP contribution in [0.2, 0.25) is 0 Å². The number of piperidine rings is 1. The van der Waals surface area contributed by atoms with Gasteiger partial charge in [0.2, 0.25) is 11.8 Å². The van der Waals surface area contributed by atoms with Crippen LogP contribution in [0, 0.1) is 12.7 Å². The van der Waals surface area contributed by atoms with Crippen molar-refractivity contribution in [3.05, 3.63) is 69.9 Å². The largest absolute Gasteiger partial charge is 0.322 e. The Kier molecular flexibility index (Phi) is 5.63. The third-order valence-electron chi connectivity index (χ3n) is 7.68. The van der Waals surface area contributed by atoms with Crippen molar-refractivity contribution in [2.24, 2.45) is 7.05 Å². The minimum Gasteiger partial charge on any atom is -0.322 e. The number of imide groups is 1. The number of aromatic nitrogens is 3. The molecular weight excluding hydrogens is 475 g/mol. The van der Waals surface area contributed by atoms with Gasteiger partial charge in [0.05, 0.1) is 5.69 Å². The second-order valence-electron chi connectivity index (χ2n) is 10.00. The molecule has 0 saturated carbocycles. The third-order valence-corrected chi connectivity index (χ3v) is 7.68. The molecule has 3 amide bonds. The first-order valence-electron chi connectivity index (χ1n) is 12.4. The molecule has 0 radical (unpaired) electrons. The molecule has 3 aliphatic heterocycles. The predicted molar refractivity (Wildman–Crippen MR) is 131 cm³/mol. The average molecular weight is 503 g/mol. The standard InChI is InChI=1S/C27H27FN6O3/c1-15-20-14-33(10-8-21(20)32(2)31-15)12-17-7-9-29-25(24(17)28)16-3-4-19-18(11-16)13-34(27(19)37)22-5-6-23(35)30-26(22)36/h3-4,7,9,11,22H,5-6,8,10,12-14H2,1-2H3,(H,30,35,36). The van der Waals surface area contributed by atoms with Crippen LogP contribution in [0.15, 0.2) is 30.5 Å². The van der Waals surface area contributed by atoms with Crippen LogP contribution in [0.25, 0.3) is 11.3 Å². The zero-order valence-corrected chi connectivity index (χ0v) is 20.8. The highest BCUT2D eigenvalue weighted by atomic mass is 19.1. The minimum absolute atomic E-state index is 0.197. The van der Waals surface area contributed by atoms with Crippen molar-refractivity contribution in [3.8, 4) is 11.3 Å². The van der Waals surface area contributed by atoms with Gasteiger partial charge in [0, 0.05) is 80.2 Å². The van der Waals surface area contributed by atoms with Gasteiger partial charge >= 0.3 is 0 Å². The highest BCUT2D eigenvalue weighted by Gasteiger charge is 2.39. The van der Waals surface area contributed by atoms with Gasteiger partial charge in [0.1, 0.15) is 11.7 Å². The van der Waals surface area contributed by atoms with Crippen LogP contribution >= 0.6 is 0 Å². The van der Waals surface area contributed by atoms with E-state index in [-0.39, 0.29) is 36.3 Å². The second kappa shape index (κ2) is 8.88. The molecule has 9 nitrogen and oxygen atoms in total. The van der Waals surface area contributed by atoms with Crippen molar-refractivity contribution >= 4 is 17.7 Å². The number of benzene rings is 1. The van der Waals surface area contributed by atoms with E-state index >= 15 is 4.39 Å². The van der Waals surface area contributed by atoms with Crippen LogP contribution < -0.4 is 5.32 Å². The normalized spacial score (nSPS) is 19.7. The molecule has 1 N–H and O–H groups in total. The molecule has 1 atom stereocenters. The van der Waals surface area contributed by atoms with Crippen LogP contribution in [0.3, 0.4) is 0 Å². The summed E-state index contributed by atoms with van der Waals surface area (Å²) in [6.45, 7) is 4.24. The van der Waals surface area contributed by atoms with Crippen molar-refractivity contribution in [1.29, 1.82) is 0 Å². The van der Waals surface area contributed by atoms with E-state index < -0.39 is 11.9 Å². The molecule has 1 aromatic carbocycles. The number of hydrogen-bond donors (Lipinski definition) is 1. The number of carbonyl (C=O) groups is 3. The van der Waals surface area contributed by atoms with Gasteiger partial charge in [-0.05, 0) is 37.1 Å². The Bertz CT molecular complexity index is 1460. The lowest BCUT2D eigenvalue weighted by Gasteiger charge is -2.29. The number of fused-ring (bicyclic) bond motifs is 2. The quantitative estimate of drug-likeness (QED) is 0.550. The number of amides is 3. The molecule has 1 saturated heterocycles. The van der Waals surface area contributed by atoms with E-state index in [1.54, 1.807) is 30.5 Å². The minimum atomic E-state index is -0.687. The molecule has 1 unspecified atom stereocenters. The molecule has 0 aliphatic carbocycles. The summed E-state index contributed by atoms with van der Waals surface area (Å²) in [5.74, 6) is -1.41. The monoisotopic (exact) mass is 502 g/mol. The summed E-state index contributed by atoms with van der Waals surface area (Å²) in [7, 11) is 1.96. The summed E-state index contributed by atoms with van der Waals surface area (Å²) in [6, 6.07) is 6.18. The van der Waals surface area contributed by atoms with Crippen LogP contribution in [-0.2, 0) is 42.7 Å². The molecule has 0 bridgehead atoms. The Hall–Kier alpha value is -3.92. The number of hydrogen-bond acceptors (Lipinski definition) is 6. The SMILES string of the molecule is Cc1nn(C)c2c1CN(Cc1ccnc(-c3ccc4c(c3)CN(C3CCC(=O)NC3=O)C4=O)c1F)CC2. The molecule has 5 heterocycles. The fourth-order valence-electron chi connectivity index (χ4n) is 5.74. The third kappa shape index (κ3) is 4.01. The van der Waals surface area contributed by atoms with E-state index in [0.717, 1.165) is 30.8 Å². The topological polar surface area (TPSA) is 100 Å². The second-order valence-corrected chi connectivity index (χ2v) is 10.00. The maximum Gasteiger partial charge on any atom is 0.255 e. The molecule has 1 fully saturated rings. The molecule has 3 aliphatic rings. The number of aryl methyl sites for hydroxylation is 2. The Morgan fingerprint density at radius 3 is 2.78 bits per heavy atom. The number of halogens is 1. The van der Waals surface area contributed by atoms with Gasteiger partial charge in [0.15, 0.2) is 5.82 Å². The van der Waals surface area contributed by atoms with E-state index in [9.17, 15) is 14.4 Å². The van der Waals surface area contributed by atoms with E-state index in [4.69, 9.17) is 0 Å². The van der Waals surface area contributed by atoms with Gasteiger partial charge in [-0.3, -0.25) is 34.3 Å². The van der Waals surface area contributed by atoms with E-state index in [1.807, 2.05) is 18.7 Å². The smallest absolute Gasteiger partial charge is 0.255 e. The van der Waals surface area contributed by atoms with Crippen LogP contribution in [-0.4, -0.2) is 54.9 Å².